The number of carbonyl (C=O) groups is 1. The summed E-state index contributed by atoms with van der Waals surface area (Å²) in [6.07, 6.45) is 5.52. The number of nitrogens with two attached hydrogens (primary N) is 1. The van der Waals surface area contributed by atoms with Crippen LogP contribution in [0.4, 0.5) is 5.69 Å². The Balaban J connectivity index is 1.77. The molecule has 5 heteroatoms. The number of nitrogens with zero attached hydrogens (tertiary/aromatic N) is 1. The molecule has 2 unspecified atom stereocenters. The van der Waals surface area contributed by atoms with Crippen LogP contribution in [0.2, 0.25) is 0 Å². The Kier molecular flexibility index (Phi) is 3.21. The molecule has 4 N–H and O–H groups in total. The molecule has 0 aliphatic heterocycles. The van der Waals surface area contributed by atoms with Crippen LogP contribution in [0, 0.1) is 5.92 Å². The first-order valence-electron chi connectivity index (χ1n) is 6.72. The van der Waals surface area contributed by atoms with Crippen molar-refractivity contribution >= 4 is 22.5 Å². The van der Waals surface area contributed by atoms with Crippen LogP contribution < -0.4 is 11.1 Å². The standard InChI is InChI=1S/C14H18N4O/c15-10-4-1-3-9(7-10)14(19)17-12-5-2-6-13-11(12)8-16-18-13/h2,5-6,8-10H,1,3-4,7,15H2,(H,16,18)(H,17,19). The Bertz CT molecular complexity index is 592. The van der Waals surface area contributed by atoms with Crippen LogP contribution in [-0.4, -0.2) is 22.1 Å². The number of fused-ring (bicyclic) bond motifs is 1. The second kappa shape index (κ2) is 5.01. The maximum Gasteiger partial charge on any atom is 0.227 e. The van der Waals surface area contributed by atoms with Crippen molar-refractivity contribution in [2.75, 3.05) is 5.32 Å². The van der Waals surface area contributed by atoms with Gasteiger partial charge in [-0.1, -0.05) is 12.5 Å². The molecule has 1 aliphatic rings. The molecule has 0 spiro atoms. The molecule has 1 fully saturated rings. The Morgan fingerprint density at radius 2 is 2.32 bits per heavy atom. The third kappa shape index (κ3) is 2.46. The number of aromatic nitrogens is 2. The number of hydrogen-bond acceptors (Lipinski definition) is 3. The number of anilines is 1. The van der Waals surface area contributed by atoms with Crippen molar-refractivity contribution in [2.45, 2.75) is 31.7 Å². The van der Waals surface area contributed by atoms with Crippen LogP contribution in [0.3, 0.4) is 0 Å². The number of aromatic amines is 1. The molecular weight excluding hydrogens is 240 g/mol. The first-order chi connectivity index (χ1) is 9.24. The van der Waals surface area contributed by atoms with Gasteiger partial charge >= 0.3 is 0 Å². The normalized spacial score (nSPS) is 23.4. The molecule has 2 aromatic rings. The van der Waals surface area contributed by atoms with Gasteiger partial charge in [-0.2, -0.15) is 5.10 Å². The van der Waals surface area contributed by atoms with Crippen LogP contribution in [0.1, 0.15) is 25.7 Å². The minimum atomic E-state index is 0.0332. The molecule has 1 aromatic heterocycles. The summed E-state index contributed by atoms with van der Waals surface area (Å²) < 4.78 is 0. The highest BCUT2D eigenvalue weighted by Crippen LogP contribution is 2.26. The van der Waals surface area contributed by atoms with E-state index in [4.69, 9.17) is 5.73 Å². The summed E-state index contributed by atoms with van der Waals surface area (Å²) in [6.45, 7) is 0. The van der Waals surface area contributed by atoms with Gasteiger partial charge in [0.15, 0.2) is 0 Å². The lowest BCUT2D eigenvalue weighted by molar-refractivity contribution is -0.120. The van der Waals surface area contributed by atoms with Gasteiger partial charge in [-0.05, 0) is 31.4 Å². The van der Waals surface area contributed by atoms with E-state index in [-0.39, 0.29) is 17.9 Å². The van der Waals surface area contributed by atoms with Gasteiger partial charge in [-0.3, -0.25) is 9.89 Å². The molecule has 2 atom stereocenters. The van der Waals surface area contributed by atoms with E-state index in [1.54, 1.807) is 6.20 Å². The fourth-order valence-electron chi connectivity index (χ4n) is 2.78. The van der Waals surface area contributed by atoms with Gasteiger partial charge in [0, 0.05) is 17.3 Å². The van der Waals surface area contributed by atoms with Crippen molar-refractivity contribution < 1.29 is 4.79 Å². The second-order valence-electron chi connectivity index (χ2n) is 5.25. The maximum absolute atomic E-state index is 12.3. The lowest BCUT2D eigenvalue weighted by atomic mass is 9.85. The highest BCUT2D eigenvalue weighted by atomic mass is 16.1. The van der Waals surface area contributed by atoms with Crippen LogP contribution in [0.25, 0.3) is 10.9 Å². The lowest BCUT2D eigenvalue weighted by Crippen LogP contribution is -2.34. The summed E-state index contributed by atoms with van der Waals surface area (Å²) in [5, 5.41) is 10.8. The topological polar surface area (TPSA) is 83.8 Å². The van der Waals surface area contributed by atoms with E-state index in [9.17, 15) is 4.79 Å². The van der Waals surface area contributed by atoms with E-state index in [1.165, 1.54) is 0 Å². The molecule has 1 saturated carbocycles. The zero-order valence-electron chi connectivity index (χ0n) is 10.7. The van der Waals surface area contributed by atoms with Crippen LogP contribution >= 0.6 is 0 Å². The van der Waals surface area contributed by atoms with Crippen molar-refractivity contribution in [1.29, 1.82) is 0 Å². The molecule has 100 valence electrons. The second-order valence-corrected chi connectivity index (χ2v) is 5.25. The van der Waals surface area contributed by atoms with Gasteiger partial charge in [-0.25, -0.2) is 0 Å². The van der Waals surface area contributed by atoms with Gasteiger partial charge < -0.3 is 11.1 Å². The number of benzene rings is 1. The highest BCUT2D eigenvalue weighted by Gasteiger charge is 2.25. The van der Waals surface area contributed by atoms with E-state index in [1.807, 2.05) is 18.2 Å². The molecule has 0 radical (unpaired) electrons. The highest BCUT2D eigenvalue weighted by molar-refractivity contribution is 6.01. The number of H-pyrrole nitrogens is 1. The molecule has 3 rings (SSSR count). The number of rotatable bonds is 2. The molecule has 1 aromatic carbocycles. The summed E-state index contributed by atoms with van der Waals surface area (Å²) >= 11 is 0. The van der Waals surface area contributed by atoms with E-state index in [0.717, 1.165) is 42.3 Å². The number of amides is 1. The van der Waals surface area contributed by atoms with Gasteiger partial charge in [-0.15, -0.1) is 0 Å². The van der Waals surface area contributed by atoms with Crippen molar-refractivity contribution in [3.8, 4) is 0 Å². The Morgan fingerprint density at radius 1 is 1.42 bits per heavy atom. The summed E-state index contributed by atoms with van der Waals surface area (Å²) in [5.74, 6) is 0.106. The minimum absolute atomic E-state index is 0.0332. The zero-order chi connectivity index (χ0) is 13.2. The molecule has 0 saturated heterocycles. The van der Waals surface area contributed by atoms with Crippen molar-refractivity contribution in [3.05, 3.63) is 24.4 Å². The van der Waals surface area contributed by atoms with Crippen molar-refractivity contribution in [3.63, 3.8) is 0 Å². The summed E-state index contributed by atoms with van der Waals surface area (Å²) in [4.78, 5) is 12.3. The Morgan fingerprint density at radius 3 is 3.16 bits per heavy atom. The van der Waals surface area contributed by atoms with Crippen LogP contribution in [-0.2, 0) is 4.79 Å². The summed E-state index contributed by atoms with van der Waals surface area (Å²) in [6, 6.07) is 5.91. The summed E-state index contributed by atoms with van der Waals surface area (Å²) in [5.41, 5.74) is 7.68. The molecule has 0 bridgehead atoms. The summed E-state index contributed by atoms with van der Waals surface area (Å²) in [7, 11) is 0. The Labute approximate surface area is 111 Å². The number of nitrogens with one attached hydrogen (secondary N) is 2. The van der Waals surface area contributed by atoms with Crippen LogP contribution in [0.5, 0.6) is 0 Å². The SMILES string of the molecule is NC1CCCC(C(=O)Nc2cccc3[nH]ncc23)C1. The predicted octanol–water partition coefficient (Wildman–Crippen LogP) is 2.02. The lowest BCUT2D eigenvalue weighted by Gasteiger charge is -2.25. The average molecular weight is 258 g/mol. The first kappa shape index (κ1) is 12.2. The molecule has 1 heterocycles. The van der Waals surface area contributed by atoms with E-state index < -0.39 is 0 Å². The van der Waals surface area contributed by atoms with Crippen molar-refractivity contribution in [1.82, 2.24) is 10.2 Å². The van der Waals surface area contributed by atoms with Gasteiger partial charge in [0.2, 0.25) is 5.91 Å². The predicted molar refractivity (Wildman–Crippen MR) is 74.7 cm³/mol. The quantitative estimate of drug-likeness (QED) is 0.770. The maximum atomic E-state index is 12.3. The molecule has 1 amide bonds. The van der Waals surface area contributed by atoms with Crippen molar-refractivity contribution in [2.24, 2.45) is 11.7 Å². The first-order valence-corrected chi connectivity index (χ1v) is 6.72. The minimum Gasteiger partial charge on any atom is -0.328 e. The van der Waals surface area contributed by atoms with Crippen LogP contribution in [0.15, 0.2) is 24.4 Å². The van der Waals surface area contributed by atoms with E-state index >= 15 is 0 Å². The molecule has 5 nitrogen and oxygen atoms in total. The Hall–Kier alpha value is -1.88. The number of carbonyl (C=O) groups excluding carboxylic acids is 1. The van der Waals surface area contributed by atoms with Gasteiger partial charge in [0.25, 0.3) is 0 Å². The monoisotopic (exact) mass is 258 g/mol. The van der Waals surface area contributed by atoms with E-state index in [2.05, 4.69) is 15.5 Å². The fourth-order valence-corrected chi connectivity index (χ4v) is 2.78. The molecule has 19 heavy (non-hydrogen) atoms. The van der Waals surface area contributed by atoms with E-state index in [0.29, 0.717) is 0 Å². The molecule has 1 aliphatic carbocycles. The zero-order valence-corrected chi connectivity index (χ0v) is 10.7. The molecular formula is C14H18N4O. The van der Waals surface area contributed by atoms with Gasteiger partial charge in [0.1, 0.15) is 0 Å². The number of hydrogen-bond donors (Lipinski definition) is 3. The largest absolute Gasteiger partial charge is 0.328 e. The third-order valence-corrected chi connectivity index (χ3v) is 3.83. The third-order valence-electron chi connectivity index (χ3n) is 3.83. The van der Waals surface area contributed by atoms with Gasteiger partial charge in [0.05, 0.1) is 17.4 Å². The fraction of sp³-hybridized carbons (Fsp3) is 0.429. The smallest absolute Gasteiger partial charge is 0.227 e. The average Bonchev–Trinajstić information content (AvgIpc) is 2.88.